The van der Waals surface area contributed by atoms with Crippen molar-refractivity contribution in [2.24, 2.45) is 0 Å². The summed E-state index contributed by atoms with van der Waals surface area (Å²) in [5.74, 6) is 0. The zero-order chi connectivity index (χ0) is 36.4. The lowest BCUT2D eigenvalue weighted by molar-refractivity contribution is -0.0847. The Hall–Kier alpha value is -1.38. The number of hydrogen-bond acceptors (Lipinski definition) is 15. The lowest BCUT2D eigenvalue weighted by atomic mass is 10.2. The average molecular weight is 739 g/mol. The maximum atomic E-state index is 5.99. The van der Waals surface area contributed by atoms with Crippen LogP contribution in [0.5, 0.6) is 0 Å². The molecule has 1 rings (SSSR count). The van der Waals surface area contributed by atoms with Crippen LogP contribution in [0.4, 0.5) is 0 Å². The molecule has 0 fully saturated rings. The van der Waals surface area contributed by atoms with Gasteiger partial charge in [-0.2, -0.15) is 0 Å². The van der Waals surface area contributed by atoms with Crippen molar-refractivity contribution in [1.82, 2.24) is 0 Å². The molecule has 0 aromatic heterocycles. The standard InChI is InChI=1S/C36H66O15/c1-37-8-10-39-12-14-41-16-18-43-20-21-45-24-25-47-28-29-49-33-36(34-50-32-35-6-4-3-5-7-35)51-31-30-48-27-26-46-23-22-44-19-17-42-15-13-40-11-9-38-2/h3-7,36H,8-34H2,1-2H3. The van der Waals surface area contributed by atoms with Gasteiger partial charge < -0.3 is 71.1 Å². The van der Waals surface area contributed by atoms with Gasteiger partial charge in [0.15, 0.2) is 0 Å². The Labute approximate surface area is 305 Å². The van der Waals surface area contributed by atoms with Crippen LogP contribution in [0.15, 0.2) is 30.3 Å². The summed E-state index contributed by atoms with van der Waals surface area (Å²) in [4.78, 5) is 0. The monoisotopic (exact) mass is 738 g/mol. The molecule has 0 saturated heterocycles. The van der Waals surface area contributed by atoms with Gasteiger partial charge in [-0.15, -0.1) is 0 Å². The third-order valence-electron chi connectivity index (χ3n) is 6.51. The van der Waals surface area contributed by atoms with Crippen LogP contribution in [-0.4, -0.2) is 192 Å². The van der Waals surface area contributed by atoms with Gasteiger partial charge in [-0.05, 0) is 5.56 Å². The zero-order valence-corrected chi connectivity index (χ0v) is 31.2. The topological polar surface area (TPSA) is 138 Å². The number of rotatable bonds is 43. The highest BCUT2D eigenvalue weighted by molar-refractivity contribution is 5.13. The Balaban J connectivity index is 1.98. The van der Waals surface area contributed by atoms with Crippen LogP contribution < -0.4 is 0 Å². The Kier molecular flexibility index (Phi) is 38.7. The minimum absolute atomic E-state index is 0.235. The van der Waals surface area contributed by atoms with Crippen molar-refractivity contribution in [3.63, 3.8) is 0 Å². The molecule has 15 heteroatoms. The van der Waals surface area contributed by atoms with Crippen molar-refractivity contribution in [1.29, 1.82) is 0 Å². The minimum Gasteiger partial charge on any atom is -0.382 e. The fraction of sp³-hybridized carbons (Fsp3) is 0.833. The van der Waals surface area contributed by atoms with E-state index in [9.17, 15) is 0 Å². The molecule has 1 aromatic rings. The van der Waals surface area contributed by atoms with Crippen LogP contribution in [0, 0.1) is 0 Å². The number of ether oxygens (including phenoxy) is 15. The second-order valence-electron chi connectivity index (χ2n) is 10.7. The highest BCUT2D eigenvalue weighted by atomic mass is 16.6. The first-order chi connectivity index (χ1) is 25.4. The van der Waals surface area contributed by atoms with Gasteiger partial charge >= 0.3 is 0 Å². The molecule has 1 aromatic carbocycles. The summed E-state index contributed by atoms with van der Waals surface area (Å²) in [6.07, 6.45) is -0.235. The highest BCUT2D eigenvalue weighted by Gasteiger charge is 2.11. The lowest BCUT2D eigenvalue weighted by Crippen LogP contribution is -2.28. The van der Waals surface area contributed by atoms with Gasteiger partial charge in [-0.1, -0.05) is 30.3 Å². The highest BCUT2D eigenvalue weighted by Crippen LogP contribution is 2.03. The van der Waals surface area contributed by atoms with Crippen LogP contribution in [0.3, 0.4) is 0 Å². The van der Waals surface area contributed by atoms with Crippen molar-refractivity contribution in [3.8, 4) is 0 Å². The van der Waals surface area contributed by atoms with E-state index in [-0.39, 0.29) is 6.10 Å². The third-order valence-corrected chi connectivity index (χ3v) is 6.51. The van der Waals surface area contributed by atoms with E-state index < -0.39 is 0 Å². The van der Waals surface area contributed by atoms with Gasteiger partial charge in [-0.25, -0.2) is 0 Å². The summed E-state index contributed by atoms with van der Waals surface area (Å²) >= 11 is 0. The van der Waals surface area contributed by atoms with E-state index in [1.54, 1.807) is 14.2 Å². The van der Waals surface area contributed by atoms with Gasteiger partial charge in [0.25, 0.3) is 0 Å². The number of methoxy groups -OCH3 is 2. The first-order valence-electron chi connectivity index (χ1n) is 17.9. The molecule has 15 nitrogen and oxygen atoms in total. The summed E-state index contributed by atoms with van der Waals surface area (Å²) in [6, 6.07) is 10.0. The first-order valence-corrected chi connectivity index (χ1v) is 17.9. The maximum Gasteiger partial charge on any atom is 0.104 e. The molecule has 0 aliphatic rings. The summed E-state index contributed by atoms with van der Waals surface area (Å²) in [5, 5.41) is 0. The van der Waals surface area contributed by atoms with Crippen LogP contribution in [0.2, 0.25) is 0 Å². The third kappa shape index (κ3) is 36.8. The second kappa shape index (κ2) is 41.4. The zero-order valence-electron chi connectivity index (χ0n) is 31.2. The second-order valence-corrected chi connectivity index (χ2v) is 10.7. The van der Waals surface area contributed by atoms with E-state index in [2.05, 4.69) is 0 Å². The van der Waals surface area contributed by atoms with Crippen molar-refractivity contribution in [3.05, 3.63) is 35.9 Å². The van der Waals surface area contributed by atoms with Crippen LogP contribution in [-0.2, 0) is 77.7 Å². The van der Waals surface area contributed by atoms with E-state index >= 15 is 0 Å². The summed E-state index contributed by atoms with van der Waals surface area (Å²) in [5.41, 5.74) is 1.10. The van der Waals surface area contributed by atoms with E-state index in [1.807, 2.05) is 30.3 Å². The normalized spacial score (nSPS) is 12.2. The van der Waals surface area contributed by atoms with Gasteiger partial charge in [-0.3, -0.25) is 0 Å². The molecule has 1 unspecified atom stereocenters. The van der Waals surface area contributed by atoms with Gasteiger partial charge in [0.05, 0.1) is 178 Å². The molecule has 0 N–H and O–H groups in total. The van der Waals surface area contributed by atoms with E-state index in [1.165, 1.54) is 0 Å². The summed E-state index contributed by atoms with van der Waals surface area (Å²) < 4.78 is 82.3. The Bertz CT molecular complexity index is 780. The predicted octanol–water partition coefficient (Wildman–Crippen LogP) is 2.06. The van der Waals surface area contributed by atoms with Crippen LogP contribution in [0.25, 0.3) is 0 Å². The maximum absolute atomic E-state index is 5.99. The van der Waals surface area contributed by atoms with Crippen LogP contribution in [0.1, 0.15) is 5.56 Å². The molecule has 0 radical (unpaired) electrons. The van der Waals surface area contributed by atoms with Crippen LogP contribution >= 0.6 is 0 Å². The molecular weight excluding hydrogens is 672 g/mol. The molecule has 0 aliphatic carbocycles. The molecule has 0 heterocycles. The largest absolute Gasteiger partial charge is 0.382 e. The molecule has 300 valence electrons. The lowest BCUT2D eigenvalue weighted by Gasteiger charge is -2.18. The summed E-state index contributed by atoms with van der Waals surface area (Å²) in [6.45, 7) is 13.5. The Morgan fingerprint density at radius 2 is 0.627 bits per heavy atom. The molecular formula is C36H66O15. The van der Waals surface area contributed by atoms with E-state index in [4.69, 9.17) is 71.1 Å². The molecule has 0 bridgehead atoms. The van der Waals surface area contributed by atoms with E-state index in [0.717, 1.165) is 5.56 Å². The smallest absolute Gasteiger partial charge is 0.104 e. The molecule has 1 atom stereocenters. The predicted molar refractivity (Wildman–Crippen MR) is 189 cm³/mol. The minimum atomic E-state index is -0.235. The Morgan fingerprint density at radius 1 is 0.333 bits per heavy atom. The fourth-order valence-corrected chi connectivity index (χ4v) is 3.88. The van der Waals surface area contributed by atoms with Gasteiger partial charge in [0, 0.05) is 14.2 Å². The molecule has 0 saturated carbocycles. The first kappa shape index (κ1) is 47.6. The Morgan fingerprint density at radius 3 is 0.980 bits per heavy atom. The van der Waals surface area contributed by atoms with Gasteiger partial charge in [0.2, 0.25) is 0 Å². The SMILES string of the molecule is COCCOCCOCCOCCOCCOCCOCC(COCc1ccccc1)OCCOCCOCCOCCOCCOCCOC. The summed E-state index contributed by atoms with van der Waals surface area (Å²) in [7, 11) is 3.29. The molecule has 0 spiro atoms. The van der Waals surface area contributed by atoms with Crippen molar-refractivity contribution >= 4 is 0 Å². The number of benzene rings is 1. The quantitative estimate of drug-likeness (QED) is 0.0904. The average Bonchev–Trinajstić information content (AvgIpc) is 3.15. The molecule has 0 aliphatic heterocycles. The van der Waals surface area contributed by atoms with Gasteiger partial charge in [0.1, 0.15) is 6.10 Å². The van der Waals surface area contributed by atoms with E-state index in [0.29, 0.717) is 178 Å². The van der Waals surface area contributed by atoms with Crippen molar-refractivity contribution in [2.75, 3.05) is 186 Å². The fourth-order valence-electron chi connectivity index (χ4n) is 3.88. The molecule has 0 amide bonds. The van der Waals surface area contributed by atoms with Crippen molar-refractivity contribution in [2.45, 2.75) is 12.7 Å². The molecule has 51 heavy (non-hydrogen) atoms. The number of hydrogen-bond donors (Lipinski definition) is 0. The van der Waals surface area contributed by atoms with Crippen molar-refractivity contribution < 1.29 is 71.1 Å².